The van der Waals surface area contributed by atoms with Crippen LogP contribution < -0.4 is 5.32 Å². The predicted octanol–water partition coefficient (Wildman–Crippen LogP) is 2.57. The molecule has 2 rings (SSSR count). The van der Waals surface area contributed by atoms with Crippen molar-refractivity contribution >= 4 is 5.91 Å². The minimum Gasteiger partial charge on any atom is -0.378 e. The summed E-state index contributed by atoms with van der Waals surface area (Å²) < 4.78 is 7.57. The summed E-state index contributed by atoms with van der Waals surface area (Å²) in [5.41, 5.74) is 1.70. The molecule has 0 aliphatic carbocycles. The minimum absolute atomic E-state index is 0.0681. The Balaban J connectivity index is 1.67. The summed E-state index contributed by atoms with van der Waals surface area (Å²) in [6.45, 7) is 9.05. The first-order valence-corrected chi connectivity index (χ1v) is 8.56. The zero-order valence-corrected chi connectivity index (χ0v) is 14.6. The number of nitrogens with zero attached hydrogens (tertiary/aromatic N) is 2. The highest BCUT2D eigenvalue weighted by Crippen LogP contribution is 2.09. The van der Waals surface area contributed by atoms with Crippen molar-refractivity contribution in [2.75, 3.05) is 39.4 Å². The Labute approximate surface area is 144 Å². The van der Waals surface area contributed by atoms with E-state index in [1.54, 1.807) is 0 Å². The molecule has 130 valence electrons. The molecule has 1 aromatic carbocycles. The lowest BCUT2D eigenvalue weighted by Crippen LogP contribution is -2.30. The fraction of sp³-hybridized carbons (Fsp3) is 0.421. The normalized spacial score (nSPS) is 11.0. The monoisotopic (exact) mass is 329 g/mol. The SMILES string of the molecule is CCN(CC)CCOCCNC(=O)c1ccc(-n2cccc2)cc1. The Bertz CT molecular complexity index is 590. The minimum atomic E-state index is -0.0681. The lowest BCUT2D eigenvalue weighted by molar-refractivity contribution is 0.0884. The van der Waals surface area contributed by atoms with E-state index in [1.807, 2.05) is 53.4 Å². The summed E-state index contributed by atoms with van der Waals surface area (Å²) >= 11 is 0. The molecule has 1 N–H and O–H groups in total. The van der Waals surface area contributed by atoms with Gasteiger partial charge in [0.2, 0.25) is 0 Å². The zero-order chi connectivity index (χ0) is 17.2. The summed E-state index contributed by atoms with van der Waals surface area (Å²) in [7, 11) is 0. The standard InChI is InChI=1S/C19H27N3O2/c1-3-21(4-2)14-16-24-15-11-20-19(23)17-7-9-18(10-8-17)22-12-5-6-13-22/h5-10,12-13H,3-4,11,14-16H2,1-2H3,(H,20,23). The second kappa shape index (κ2) is 9.90. The van der Waals surface area contributed by atoms with Crippen LogP contribution in [0.5, 0.6) is 0 Å². The molecule has 0 spiro atoms. The van der Waals surface area contributed by atoms with Crippen molar-refractivity contribution in [3.05, 3.63) is 54.4 Å². The molecule has 1 aromatic heterocycles. The smallest absolute Gasteiger partial charge is 0.251 e. The molecule has 0 saturated heterocycles. The molecule has 2 aromatic rings. The molecule has 0 atom stereocenters. The molecule has 0 radical (unpaired) electrons. The number of carbonyl (C=O) groups is 1. The van der Waals surface area contributed by atoms with Crippen LogP contribution in [0.3, 0.4) is 0 Å². The van der Waals surface area contributed by atoms with Crippen molar-refractivity contribution in [3.8, 4) is 5.69 Å². The van der Waals surface area contributed by atoms with Gasteiger partial charge in [-0.2, -0.15) is 0 Å². The van der Waals surface area contributed by atoms with Crippen LogP contribution in [-0.4, -0.2) is 54.8 Å². The van der Waals surface area contributed by atoms with Crippen molar-refractivity contribution in [1.82, 2.24) is 14.8 Å². The van der Waals surface area contributed by atoms with Gasteiger partial charge >= 0.3 is 0 Å². The first-order valence-electron chi connectivity index (χ1n) is 8.56. The zero-order valence-electron chi connectivity index (χ0n) is 14.6. The number of hydrogen-bond donors (Lipinski definition) is 1. The van der Waals surface area contributed by atoms with Gasteiger partial charge in [0.05, 0.1) is 13.2 Å². The molecule has 5 nitrogen and oxygen atoms in total. The van der Waals surface area contributed by atoms with E-state index >= 15 is 0 Å². The number of amides is 1. The van der Waals surface area contributed by atoms with E-state index < -0.39 is 0 Å². The largest absolute Gasteiger partial charge is 0.378 e. The highest BCUT2D eigenvalue weighted by molar-refractivity contribution is 5.94. The number of benzene rings is 1. The van der Waals surface area contributed by atoms with Crippen LogP contribution in [0.2, 0.25) is 0 Å². The van der Waals surface area contributed by atoms with Crippen LogP contribution in [0.25, 0.3) is 5.69 Å². The number of likely N-dealkylation sites (N-methyl/N-ethyl adjacent to an activating group) is 1. The van der Waals surface area contributed by atoms with Crippen LogP contribution in [0, 0.1) is 0 Å². The number of rotatable bonds is 10. The van der Waals surface area contributed by atoms with Crippen molar-refractivity contribution in [1.29, 1.82) is 0 Å². The average Bonchev–Trinajstić information content (AvgIpc) is 3.16. The van der Waals surface area contributed by atoms with Crippen molar-refractivity contribution in [2.24, 2.45) is 0 Å². The molecule has 0 fully saturated rings. The number of carbonyl (C=O) groups excluding carboxylic acids is 1. The molecule has 0 unspecified atom stereocenters. The second-order valence-electron chi connectivity index (χ2n) is 5.53. The molecule has 0 bridgehead atoms. The van der Waals surface area contributed by atoms with Gasteiger partial charge in [0, 0.05) is 36.7 Å². The van der Waals surface area contributed by atoms with E-state index in [1.165, 1.54) is 0 Å². The van der Waals surface area contributed by atoms with Gasteiger partial charge in [-0.3, -0.25) is 4.79 Å². The first-order chi connectivity index (χ1) is 11.7. The third kappa shape index (κ3) is 5.51. The van der Waals surface area contributed by atoms with Gasteiger partial charge in [0.1, 0.15) is 0 Å². The van der Waals surface area contributed by atoms with E-state index in [2.05, 4.69) is 24.1 Å². The molecular formula is C19H27N3O2. The third-order valence-electron chi connectivity index (χ3n) is 4.01. The Hall–Kier alpha value is -2.11. The fourth-order valence-corrected chi connectivity index (χ4v) is 2.47. The van der Waals surface area contributed by atoms with Gasteiger partial charge < -0.3 is 19.5 Å². The molecule has 0 aliphatic rings. The van der Waals surface area contributed by atoms with E-state index in [0.29, 0.717) is 25.3 Å². The predicted molar refractivity (Wildman–Crippen MR) is 96.7 cm³/mol. The lowest BCUT2D eigenvalue weighted by Gasteiger charge is -2.17. The third-order valence-corrected chi connectivity index (χ3v) is 4.01. The van der Waals surface area contributed by atoms with Gasteiger partial charge in [-0.15, -0.1) is 0 Å². The maximum Gasteiger partial charge on any atom is 0.251 e. The van der Waals surface area contributed by atoms with Gasteiger partial charge in [0.15, 0.2) is 0 Å². The summed E-state index contributed by atoms with van der Waals surface area (Å²) in [4.78, 5) is 14.4. The molecule has 1 heterocycles. The molecular weight excluding hydrogens is 302 g/mol. The number of nitrogens with one attached hydrogen (secondary N) is 1. The topological polar surface area (TPSA) is 46.5 Å². The lowest BCUT2D eigenvalue weighted by atomic mass is 10.2. The van der Waals surface area contributed by atoms with E-state index in [9.17, 15) is 4.79 Å². The fourth-order valence-electron chi connectivity index (χ4n) is 2.47. The van der Waals surface area contributed by atoms with Crippen LogP contribution in [-0.2, 0) is 4.74 Å². The maximum atomic E-state index is 12.1. The number of ether oxygens (including phenoxy) is 1. The highest BCUT2D eigenvalue weighted by Gasteiger charge is 2.05. The summed E-state index contributed by atoms with van der Waals surface area (Å²) in [6.07, 6.45) is 3.95. The van der Waals surface area contributed by atoms with E-state index in [4.69, 9.17) is 4.74 Å². The van der Waals surface area contributed by atoms with Gasteiger partial charge in [0.25, 0.3) is 5.91 Å². The number of hydrogen-bond acceptors (Lipinski definition) is 3. The number of aromatic nitrogens is 1. The summed E-state index contributed by atoms with van der Waals surface area (Å²) in [6, 6.07) is 11.5. The second-order valence-corrected chi connectivity index (χ2v) is 5.53. The Morgan fingerprint density at radius 3 is 2.38 bits per heavy atom. The Kier molecular flexibility index (Phi) is 7.52. The van der Waals surface area contributed by atoms with Crippen molar-refractivity contribution < 1.29 is 9.53 Å². The van der Waals surface area contributed by atoms with E-state index in [-0.39, 0.29) is 5.91 Å². The van der Waals surface area contributed by atoms with Crippen LogP contribution in [0.1, 0.15) is 24.2 Å². The van der Waals surface area contributed by atoms with Crippen LogP contribution >= 0.6 is 0 Å². The first kappa shape index (κ1) is 18.2. The molecule has 0 aliphatic heterocycles. The van der Waals surface area contributed by atoms with Crippen molar-refractivity contribution in [3.63, 3.8) is 0 Å². The molecule has 24 heavy (non-hydrogen) atoms. The van der Waals surface area contributed by atoms with Crippen LogP contribution in [0.4, 0.5) is 0 Å². The molecule has 5 heteroatoms. The summed E-state index contributed by atoms with van der Waals surface area (Å²) in [5.74, 6) is -0.0681. The molecule has 0 saturated carbocycles. The Morgan fingerprint density at radius 1 is 1.08 bits per heavy atom. The Morgan fingerprint density at radius 2 is 1.75 bits per heavy atom. The highest BCUT2D eigenvalue weighted by atomic mass is 16.5. The van der Waals surface area contributed by atoms with Gasteiger partial charge in [-0.1, -0.05) is 13.8 Å². The van der Waals surface area contributed by atoms with Crippen molar-refractivity contribution in [2.45, 2.75) is 13.8 Å². The van der Waals surface area contributed by atoms with Gasteiger partial charge in [-0.05, 0) is 49.5 Å². The van der Waals surface area contributed by atoms with E-state index in [0.717, 1.165) is 25.3 Å². The quantitative estimate of drug-likeness (QED) is 0.682. The summed E-state index contributed by atoms with van der Waals surface area (Å²) in [5, 5.41) is 2.88. The van der Waals surface area contributed by atoms with Gasteiger partial charge in [-0.25, -0.2) is 0 Å². The average molecular weight is 329 g/mol. The van der Waals surface area contributed by atoms with Crippen LogP contribution in [0.15, 0.2) is 48.8 Å². The maximum absolute atomic E-state index is 12.1. The molecule has 1 amide bonds.